The van der Waals surface area contributed by atoms with E-state index >= 15 is 0 Å². The van der Waals surface area contributed by atoms with Gasteiger partial charge in [-0.1, -0.05) is 19.7 Å². The zero-order chi connectivity index (χ0) is 26.8. The highest BCUT2D eigenvalue weighted by atomic mass is 19.4. The molecular formula is C14H9F17O. The molecule has 1 nitrogen and oxygen atoms in total. The van der Waals surface area contributed by atoms with Gasteiger partial charge in [0, 0.05) is 0 Å². The van der Waals surface area contributed by atoms with Gasteiger partial charge in [-0.2, -0.15) is 74.6 Å². The number of alkyl halides is 17. The van der Waals surface area contributed by atoms with Gasteiger partial charge in [0.25, 0.3) is 0 Å². The second kappa shape index (κ2) is 8.99. The van der Waals surface area contributed by atoms with Crippen LogP contribution in [0.2, 0.25) is 0 Å². The zero-order valence-corrected chi connectivity index (χ0v) is 14.7. The molecule has 0 unspecified atom stereocenters. The van der Waals surface area contributed by atoms with Crippen LogP contribution in [0.5, 0.6) is 0 Å². The third-order valence-corrected chi connectivity index (χ3v) is 3.20. The van der Waals surface area contributed by atoms with Gasteiger partial charge in [-0.25, -0.2) is 0 Å². The van der Waals surface area contributed by atoms with Gasteiger partial charge in [-0.3, -0.25) is 0 Å². The SMILES string of the molecule is C=CC(F)(F)C(F)(F)C(F)(F)C(F)(F)C(F)(F)C(F)(F)C(F)(F)C(F)(F)F.C=COC=C. The number of allylic oxidation sites excluding steroid dienone is 1. The molecule has 18 heteroatoms. The van der Waals surface area contributed by atoms with Crippen LogP contribution in [-0.2, 0) is 4.74 Å². The Bertz CT molecular complexity index is 667. The van der Waals surface area contributed by atoms with Crippen molar-refractivity contribution in [3.8, 4) is 0 Å². The minimum Gasteiger partial charge on any atom is -0.474 e. The monoisotopic (exact) mass is 516 g/mol. The topological polar surface area (TPSA) is 9.23 Å². The quantitative estimate of drug-likeness (QED) is 0.176. The lowest BCUT2D eigenvalue weighted by molar-refractivity contribution is -0.459. The molecule has 0 amide bonds. The molecular weight excluding hydrogens is 507 g/mol. The minimum absolute atomic E-state index is 1.31. The van der Waals surface area contributed by atoms with Crippen molar-refractivity contribution in [2.24, 2.45) is 0 Å². The van der Waals surface area contributed by atoms with Gasteiger partial charge >= 0.3 is 47.6 Å². The van der Waals surface area contributed by atoms with Gasteiger partial charge in [0.05, 0.1) is 12.5 Å². The summed E-state index contributed by atoms with van der Waals surface area (Å²) in [7, 11) is 0. The van der Waals surface area contributed by atoms with Crippen LogP contribution < -0.4 is 0 Å². The summed E-state index contributed by atoms with van der Waals surface area (Å²) in [6, 6.07) is 0. The lowest BCUT2D eigenvalue weighted by atomic mass is 9.89. The van der Waals surface area contributed by atoms with Crippen molar-refractivity contribution in [2.45, 2.75) is 47.6 Å². The average Bonchev–Trinajstić information content (AvgIpc) is 2.60. The van der Waals surface area contributed by atoms with Crippen molar-refractivity contribution in [1.82, 2.24) is 0 Å². The smallest absolute Gasteiger partial charge is 0.460 e. The molecule has 32 heavy (non-hydrogen) atoms. The molecule has 0 aliphatic heterocycles. The van der Waals surface area contributed by atoms with Crippen LogP contribution in [-0.4, -0.2) is 47.6 Å². The van der Waals surface area contributed by atoms with Crippen molar-refractivity contribution >= 4 is 0 Å². The highest BCUT2D eigenvalue weighted by Gasteiger charge is 2.95. The molecule has 0 rings (SSSR count). The molecule has 0 bridgehead atoms. The van der Waals surface area contributed by atoms with E-state index in [1.807, 2.05) is 0 Å². The second-order valence-electron chi connectivity index (χ2n) is 5.24. The Morgan fingerprint density at radius 1 is 0.406 bits per heavy atom. The van der Waals surface area contributed by atoms with E-state index in [0.717, 1.165) is 0 Å². The standard InChI is InChI=1S/C10H3F17.C4H6O/c1-2-3(11,12)4(13,14)5(15,16)6(17,18)7(19,20)8(21,22)9(23,24)10(25,26)27;1-3-5-4-2/h2H,1H2;3-4H,1-2H2. The largest absolute Gasteiger partial charge is 0.474 e. The van der Waals surface area contributed by atoms with Crippen LogP contribution >= 0.6 is 0 Å². The average molecular weight is 516 g/mol. The van der Waals surface area contributed by atoms with E-state index < -0.39 is 53.7 Å². The second-order valence-corrected chi connectivity index (χ2v) is 5.24. The van der Waals surface area contributed by atoms with Crippen molar-refractivity contribution < 1.29 is 79.4 Å². The molecule has 0 N–H and O–H groups in total. The van der Waals surface area contributed by atoms with Crippen LogP contribution in [0.3, 0.4) is 0 Å². The van der Waals surface area contributed by atoms with E-state index in [4.69, 9.17) is 0 Å². The van der Waals surface area contributed by atoms with E-state index in [9.17, 15) is 74.6 Å². The van der Waals surface area contributed by atoms with Gasteiger partial charge in [0.2, 0.25) is 0 Å². The fourth-order valence-electron chi connectivity index (χ4n) is 1.37. The lowest BCUT2D eigenvalue weighted by Crippen LogP contribution is -2.74. The first-order chi connectivity index (χ1) is 13.7. The van der Waals surface area contributed by atoms with E-state index in [1.54, 1.807) is 6.58 Å². The molecule has 0 heterocycles. The summed E-state index contributed by atoms with van der Waals surface area (Å²) in [6.45, 7) is 8.28. The molecule has 0 saturated heterocycles. The fraction of sp³-hybridized carbons (Fsp3) is 0.571. The zero-order valence-electron chi connectivity index (χ0n) is 14.7. The summed E-state index contributed by atoms with van der Waals surface area (Å²) < 4.78 is 219. The minimum atomic E-state index is -8.59. The molecule has 0 spiro atoms. The third-order valence-electron chi connectivity index (χ3n) is 3.20. The molecule has 0 aromatic carbocycles. The normalized spacial score (nSPS) is 14.8. The van der Waals surface area contributed by atoms with Crippen LogP contribution in [0.15, 0.2) is 38.3 Å². The van der Waals surface area contributed by atoms with Crippen LogP contribution in [0.1, 0.15) is 0 Å². The lowest BCUT2D eigenvalue weighted by Gasteiger charge is -2.42. The Morgan fingerprint density at radius 2 is 0.656 bits per heavy atom. The van der Waals surface area contributed by atoms with Crippen LogP contribution in [0.4, 0.5) is 74.6 Å². The summed E-state index contributed by atoms with van der Waals surface area (Å²) in [5, 5.41) is 0. The molecule has 0 aromatic heterocycles. The van der Waals surface area contributed by atoms with Crippen LogP contribution in [0, 0.1) is 0 Å². The van der Waals surface area contributed by atoms with E-state index in [2.05, 4.69) is 17.9 Å². The number of rotatable bonds is 9. The van der Waals surface area contributed by atoms with E-state index in [1.165, 1.54) is 12.5 Å². The summed E-state index contributed by atoms with van der Waals surface area (Å²) in [5.74, 6) is -56.2. The number of hydrogen-bond donors (Lipinski definition) is 0. The molecule has 0 aromatic rings. The summed E-state index contributed by atoms with van der Waals surface area (Å²) in [4.78, 5) is 0. The van der Waals surface area contributed by atoms with Crippen molar-refractivity contribution in [1.29, 1.82) is 0 Å². The maximum atomic E-state index is 13.0. The first-order valence-corrected chi connectivity index (χ1v) is 6.95. The highest BCUT2D eigenvalue weighted by Crippen LogP contribution is 2.63. The highest BCUT2D eigenvalue weighted by molar-refractivity contribution is 5.17. The summed E-state index contributed by atoms with van der Waals surface area (Å²) in [6.07, 6.45) is -6.63. The molecule has 0 aliphatic rings. The molecule has 190 valence electrons. The Morgan fingerprint density at radius 3 is 0.844 bits per heavy atom. The van der Waals surface area contributed by atoms with Crippen molar-refractivity contribution in [3.63, 3.8) is 0 Å². The Kier molecular flexibility index (Phi) is 9.00. The van der Waals surface area contributed by atoms with E-state index in [-0.39, 0.29) is 0 Å². The fourth-order valence-corrected chi connectivity index (χ4v) is 1.37. The molecule has 0 fully saturated rings. The van der Waals surface area contributed by atoms with Gasteiger partial charge in [0.15, 0.2) is 0 Å². The molecule has 0 radical (unpaired) electrons. The van der Waals surface area contributed by atoms with Crippen LogP contribution in [0.25, 0.3) is 0 Å². The van der Waals surface area contributed by atoms with Gasteiger partial charge in [0.1, 0.15) is 0 Å². The predicted molar refractivity (Wildman–Crippen MR) is 72.4 cm³/mol. The van der Waals surface area contributed by atoms with Crippen molar-refractivity contribution in [3.05, 3.63) is 38.3 Å². The molecule has 0 aliphatic carbocycles. The number of hydrogen-bond acceptors (Lipinski definition) is 1. The Hall–Kier alpha value is -2.17. The van der Waals surface area contributed by atoms with Crippen molar-refractivity contribution in [2.75, 3.05) is 0 Å². The summed E-state index contributed by atoms with van der Waals surface area (Å²) >= 11 is 0. The maximum absolute atomic E-state index is 13.0. The number of ether oxygens (including phenoxy) is 1. The molecule has 0 saturated carbocycles. The Labute approximate surface area is 166 Å². The Balaban J connectivity index is 0. The first-order valence-electron chi connectivity index (χ1n) is 6.95. The van der Waals surface area contributed by atoms with E-state index in [0.29, 0.717) is 0 Å². The third kappa shape index (κ3) is 4.62. The summed E-state index contributed by atoms with van der Waals surface area (Å²) in [5.41, 5.74) is 0. The van der Waals surface area contributed by atoms with Gasteiger partial charge in [-0.15, -0.1) is 0 Å². The van der Waals surface area contributed by atoms with Gasteiger partial charge < -0.3 is 4.74 Å². The first kappa shape index (κ1) is 32.0. The van der Waals surface area contributed by atoms with Gasteiger partial charge in [-0.05, 0) is 6.08 Å². The molecule has 0 atom stereocenters. The predicted octanol–water partition coefficient (Wildman–Crippen LogP) is 7.47. The number of halogens is 17. The maximum Gasteiger partial charge on any atom is 0.460 e.